The molecule has 9 nitrogen and oxygen atoms in total. The molecule has 2 aliphatic rings. The van der Waals surface area contributed by atoms with Gasteiger partial charge in [0.2, 0.25) is 11.8 Å². The zero-order valence-electron chi connectivity index (χ0n) is 19.2. The van der Waals surface area contributed by atoms with Gasteiger partial charge in [-0.15, -0.1) is 0 Å². The topological polar surface area (TPSA) is 100 Å². The van der Waals surface area contributed by atoms with Gasteiger partial charge in [-0.1, -0.05) is 6.07 Å². The summed E-state index contributed by atoms with van der Waals surface area (Å²) in [5, 5.41) is 2.34. The molecule has 2 aromatic heterocycles. The summed E-state index contributed by atoms with van der Waals surface area (Å²) in [6.07, 6.45) is 6.07. The second-order valence-electron chi connectivity index (χ2n) is 8.99. The molecule has 174 valence electrons. The summed E-state index contributed by atoms with van der Waals surface area (Å²) in [6, 6.07) is 9.14. The zero-order chi connectivity index (χ0) is 23.8. The van der Waals surface area contributed by atoms with E-state index in [4.69, 9.17) is 0 Å². The number of nitrogens with zero attached hydrogens (tertiary/aromatic N) is 5. The van der Waals surface area contributed by atoms with Crippen molar-refractivity contribution < 1.29 is 14.4 Å². The maximum absolute atomic E-state index is 12.9. The number of hydrogen-bond donors (Lipinski definition) is 1. The van der Waals surface area contributed by atoms with E-state index in [9.17, 15) is 14.4 Å². The van der Waals surface area contributed by atoms with Crippen molar-refractivity contribution in [1.29, 1.82) is 0 Å². The lowest BCUT2D eigenvalue weighted by atomic mass is 10.0. The fourth-order valence-corrected chi connectivity index (χ4v) is 4.65. The number of benzene rings is 1. The Bertz CT molecular complexity index is 1280. The van der Waals surface area contributed by atoms with Crippen LogP contribution in [0.15, 0.2) is 49.1 Å². The van der Waals surface area contributed by atoms with Gasteiger partial charge in [0, 0.05) is 56.6 Å². The zero-order valence-corrected chi connectivity index (χ0v) is 19.2. The first-order chi connectivity index (χ1) is 16.4. The number of imide groups is 1. The van der Waals surface area contributed by atoms with Crippen LogP contribution in [0.4, 0.5) is 0 Å². The van der Waals surface area contributed by atoms with Crippen LogP contribution < -0.4 is 5.32 Å². The minimum atomic E-state index is -0.613. The average molecular weight is 459 g/mol. The molecule has 0 spiro atoms. The fraction of sp³-hybridized carbons (Fsp3) is 0.320. The van der Waals surface area contributed by atoms with Gasteiger partial charge in [0.25, 0.3) is 5.91 Å². The van der Waals surface area contributed by atoms with Crippen LogP contribution in [0.5, 0.6) is 0 Å². The fourth-order valence-electron chi connectivity index (χ4n) is 4.65. The first-order valence-electron chi connectivity index (χ1n) is 11.3. The molecular weight excluding hydrogens is 432 g/mol. The number of aryl methyl sites for hydroxylation is 1. The summed E-state index contributed by atoms with van der Waals surface area (Å²) in [4.78, 5) is 49.2. The van der Waals surface area contributed by atoms with Gasteiger partial charge in [-0.2, -0.15) is 0 Å². The number of imidazole rings is 1. The van der Waals surface area contributed by atoms with Crippen molar-refractivity contribution in [2.24, 2.45) is 7.05 Å². The Morgan fingerprint density at radius 1 is 1.15 bits per heavy atom. The molecule has 4 heterocycles. The molecule has 0 radical (unpaired) electrons. The van der Waals surface area contributed by atoms with Gasteiger partial charge < -0.3 is 9.47 Å². The summed E-state index contributed by atoms with van der Waals surface area (Å²) in [7, 11) is 4.05. The Labute approximate surface area is 197 Å². The number of nitrogens with one attached hydrogen (secondary N) is 1. The van der Waals surface area contributed by atoms with E-state index in [-0.39, 0.29) is 18.2 Å². The predicted molar refractivity (Wildman–Crippen MR) is 124 cm³/mol. The molecular formula is C25H26N6O3. The quantitative estimate of drug-likeness (QED) is 0.566. The number of carbonyl (C=O) groups is 3. The van der Waals surface area contributed by atoms with Crippen LogP contribution in [0.25, 0.3) is 11.3 Å². The van der Waals surface area contributed by atoms with Crippen molar-refractivity contribution in [3.05, 3.63) is 71.4 Å². The molecule has 5 rings (SSSR count). The van der Waals surface area contributed by atoms with Crippen molar-refractivity contribution in [1.82, 2.24) is 29.7 Å². The predicted octanol–water partition coefficient (Wildman–Crippen LogP) is 1.88. The van der Waals surface area contributed by atoms with Gasteiger partial charge in [-0.3, -0.25) is 29.6 Å². The molecule has 0 bridgehead atoms. The maximum atomic E-state index is 12.9. The van der Waals surface area contributed by atoms with E-state index in [0.29, 0.717) is 18.5 Å². The lowest BCUT2D eigenvalue weighted by molar-refractivity contribution is -0.136. The second-order valence-corrected chi connectivity index (χ2v) is 8.99. The standard InChI is InChI=1S/C25H26N6O3/c1-29(14-19-11-26-15-30(19)2)12-16-7-8-27-21(9-16)17-3-4-20-18(10-17)13-31(25(20)34)22-5-6-23(32)28-24(22)33/h3-4,7-11,15,22H,5-6,12-14H2,1-2H3,(H,28,32,33). The second kappa shape index (κ2) is 8.83. The Morgan fingerprint density at radius 2 is 2.00 bits per heavy atom. The smallest absolute Gasteiger partial charge is 0.255 e. The number of fused-ring (bicyclic) bond motifs is 1. The number of piperidine rings is 1. The summed E-state index contributed by atoms with van der Waals surface area (Å²) in [6.45, 7) is 1.89. The maximum Gasteiger partial charge on any atom is 0.255 e. The number of aromatic nitrogens is 3. The number of rotatable bonds is 6. The normalized spacial score (nSPS) is 17.9. The number of amides is 3. The largest absolute Gasteiger partial charge is 0.337 e. The van der Waals surface area contributed by atoms with Crippen LogP contribution in [0, 0.1) is 0 Å². The molecule has 3 amide bonds. The lowest BCUT2D eigenvalue weighted by Gasteiger charge is -2.29. The Kier molecular flexibility index (Phi) is 5.70. The van der Waals surface area contributed by atoms with E-state index in [1.165, 1.54) is 0 Å². The van der Waals surface area contributed by atoms with Gasteiger partial charge in [0.15, 0.2) is 0 Å². The van der Waals surface area contributed by atoms with E-state index in [0.717, 1.165) is 41.2 Å². The molecule has 1 atom stereocenters. The van der Waals surface area contributed by atoms with Crippen molar-refractivity contribution in [2.75, 3.05) is 7.05 Å². The van der Waals surface area contributed by atoms with Crippen LogP contribution in [0.2, 0.25) is 0 Å². The molecule has 1 N–H and O–H groups in total. The van der Waals surface area contributed by atoms with Crippen molar-refractivity contribution in [2.45, 2.75) is 38.5 Å². The average Bonchev–Trinajstić information content (AvgIpc) is 3.36. The molecule has 0 saturated carbocycles. The molecule has 1 unspecified atom stereocenters. The molecule has 0 aliphatic carbocycles. The molecule has 2 aliphatic heterocycles. The summed E-state index contributed by atoms with van der Waals surface area (Å²) in [5.74, 6) is -0.860. The summed E-state index contributed by atoms with van der Waals surface area (Å²) < 4.78 is 2.01. The highest BCUT2D eigenvalue weighted by atomic mass is 16.2. The Morgan fingerprint density at radius 3 is 2.76 bits per heavy atom. The summed E-state index contributed by atoms with van der Waals surface area (Å²) in [5.41, 5.74) is 5.50. The van der Waals surface area contributed by atoms with E-state index in [1.54, 1.807) is 17.4 Å². The Hall–Kier alpha value is -3.85. The van der Waals surface area contributed by atoms with Crippen LogP contribution in [-0.2, 0) is 36.3 Å². The van der Waals surface area contributed by atoms with E-state index < -0.39 is 11.9 Å². The minimum Gasteiger partial charge on any atom is -0.337 e. The third kappa shape index (κ3) is 4.22. The van der Waals surface area contributed by atoms with Crippen molar-refractivity contribution in [3.8, 4) is 11.3 Å². The third-order valence-electron chi connectivity index (χ3n) is 6.44. The van der Waals surface area contributed by atoms with Crippen molar-refractivity contribution >= 4 is 17.7 Å². The van der Waals surface area contributed by atoms with Gasteiger partial charge in [-0.05, 0) is 48.9 Å². The van der Waals surface area contributed by atoms with Crippen LogP contribution >= 0.6 is 0 Å². The number of pyridine rings is 1. The highest BCUT2D eigenvalue weighted by Crippen LogP contribution is 2.31. The SMILES string of the molecule is CN(Cc1ccnc(-c2ccc3c(c2)CN(C2CCC(=O)NC2=O)C3=O)c1)Cc1cncn1C. The van der Waals surface area contributed by atoms with Crippen LogP contribution in [0.1, 0.15) is 40.0 Å². The van der Waals surface area contributed by atoms with Gasteiger partial charge in [0.1, 0.15) is 6.04 Å². The van der Waals surface area contributed by atoms with Gasteiger partial charge in [-0.25, -0.2) is 4.98 Å². The molecule has 3 aromatic rings. The molecule has 1 saturated heterocycles. The first kappa shape index (κ1) is 22.0. The molecule has 1 fully saturated rings. The lowest BCUT2D eigenvalue weighted by Crippen LogP contribution is -2.52. The number of carbonyl (C=O) groups excluding carboxylic acids is 3. The first-order valence-corrected chi connectivity index (χ1v) is 11.3. The summed E-state index contributed by atoms with van der Waals surface area (Å²) >= 11 is 0. The number of hydrogen-bond acceptors (Lipinski definition) is 6. The van der Waals surface area contributed by atoms with Crippen LogP contribution in [0.3, 0.4) is 0 Å². The highest BCUT2D eigenvalue weighted by Gasteiger charge is 2.39. The van der Waals surface area contributed by atoms with E-state index in [1.807, 2.05) is 42.1 Å². The van der Waals surface area contributed by atoms with Gasteiger partial charge >= 0.3 is 0 Å². The van der Waals surface area contributed by atoms with Crippen LogP contribution in [-0.4, -0.2) is 55.1 Å². The van der Waals surface area contributed by atoms with Crippen molar-refractivity contribution in [3.63, 3.8) is 0 Å². The molecule has 9 heteroatoms. The molecule has 1 aromatic carbocycles. The molecule has 34 heavy (non-hydrogen) atoms. The van der Waals surface area contributed by atoms with E-state index in [2.05, 4.69) is 33.3 Å². The third-order valence-corrected chi connectivity index (χ3v) is 6.44. The highest BCUT2D eigenvalue weighted by molar-refractivity contribution is 6.05. The van der Waals surface area contributed by atoms with E-state index >= 15 is 0 Å². The van der Waals surface area contributed by atoms with Gasteiger partial charge in [0.05, 0.1) is 17.7 Å². The Balaban J connectivity index is 1.32. The monoisotopic (exact) mass is 458 g/mol. The minimum absolute atomic E-state index is 0.172.